The van der Waals surface area contributed by atoms with Crippen molar-refractivity contribution in [3.63, 3.8) is 0 Å². The Labute approximate surface area is 116 Å². The quantitative estimate of drug-likeness (QED) is 0.840. The molecule has 17 heavy (non-hydrogen) atoms. The number of hydrogen-bond acceptors (Lipinski definition) is 1. The lowest BCUT2D eigenvalue weighted by Crippen LogP contribution is -2.48. The summed E-state index contributed by atoms with van der Waals surface area (Å²) in [6, 6.07) is 5.46. The molecule has 0 aliphatic heterocycles. The van der Waals surface area contributed by atoms with Crippen molar-refractivity contribution in [1.29, 1.82) is 0 Å². The molecule has 1 N–H and O–H groups in total. The SMILES string of the molecule is Cc1cccc(C(=O)NC(C)(C)C(C)Br)c1Cl. The first-order valence-corrected chi connectivity index (χ1v) is 6.77. The molecule has 0 aliphatic rings. The molecule has 4 heteroatoms. The summed E-state index contributed by atoms with van der Waals surface area (Å²) in [5.74, 6) is -0.144. The van der Waals surface area contributed by atoms with Gasteiger partial charge in [0.1, 0.15) is 0 Å². The fraction of sp³-hybridized carbons (Fsp3) is 0.462. The lowest BCUT2D eigenvalue weighted by Gasteiger charge is -2.29. The maximum absolute atomic E-state index is 12.1. The van der Waals surface area contributed by atoms with E-state index in [1.54, 1.807) is 6.07 Å². The Kier molecular flexibility index (Phi) is 4.62. The van der Waals surface area contributed by atoms with Gasteiger partial charge in [0.2, 0.25) is 0 Å². The van der Waals surface area contributed by atoms with Crippen molar-refractivity contribution < 1.29 is 4.79 Å². The number of halogens is 2. The van der Waals surface area contributed by atoms with E-state index in [1.807, 2.05) is 39.8 Å². The number of rotatable bonds is 3. The number of alkyl halides is 1. The summed E-state index contributed by atoms with van der Waals surface area (Å²) >= 11 is 9.61. The van der Waals surface area contributed by atoms with Crippen molar-refractivity contribution in [2.75, 3.05) is 0 Å². The Morgan fingerprint density at radius 2 is 2.06 bits per heavy atom. The molecule has 1 unspecified atom stereocenters. The Balaban J connectivity index is 2.95. The van der Waals surface area contributed by atoms with Crippen molar-refractivity contribution in [3.8, 4) is 0 Å². The highest BCUT2D eigenvalue weighted by Crippen LogP contribution is 2.22. The van der Waals surface area contributed by atoms with Gasteiger partial charge in [-0.25, -0.2) is 0 Å². The second kappa shape index (κ2) is 5.40. The molecule has 0 bridgehead atoms. The monoisotopic (exact) mass is 317 g/mol. The lowest BCUT2D eigenvalue weighted by atomic mass is 10.0. The van der Waals surface area contributed by atoms with Crippen molar-refractivity contribution >= 4 is 33.4 Å². The number of nitrogens with one attached hydrogen (secondary N) is 1. The molecule has 0 radical (unpaired) electrons. The average Bonchev–Trinajstić information content (AvgIpc) is 2.21. The van der Waals surface area contributed by atoms with Crippen LogP contribution in [0.4, 0.5) is 0 Å². The molecule has 94 valence electrons. The number of benzene rings is 1. The van der Waals surface area contributed by atoms with Crippen molar-refractivity contribution in [3.05, 3.63) is 34.3 Å². The number of carbonyl (C=O) groups is 1. The van der Waals surface area contributed by atoms with Crippen LogP contribution in [0.5, 0.6) is 0 Å². The van der Waals surface area contributed by atoms with Crippen LogP contribution in [0.25, 0.3) is 0 Å². The van der Waals surface area contributed by atoms with E-state index < -0.39 is 0 Å². The molecule has 0 saturated carbocycles. The van der Waals surface area contributed by atoms with Crippen LogP contribution in [0.3, 0.4) is 0 Å². The Morgan fingerprint density at radius 1 is 1.47 bits per heavy atom. The predicted molar refractivity (Wildman–Crippen MR) is 76.1 cm³/mol. The molecule has 0 aromatic heterocycles. The molecule has 0 heterocycles. The van der Waals surface area contributed by atoms with E-state index in [2.05, 4.69) is 21.2 Å². The van der Waals surface area contributed by atoms with Crippen molar-refractivity contribution in [2.24, 2.45) is 0 Å². The first-order valence-electron chi connectivity index (χ1n) is 5.47. The minimum absolute atomic E-state index is 0.144. The van der Waals surface area contributed by atoms with E-state index >= 15 is 0 Å². The molecular formula is C13H17BrClNO. The van der Waals surface area contributed by atoms with Gasteiger partial charge in [-0.15, -0.1) is 0 Å². The van der Waals surface area contributed by atoms with Gasteiger partial charge in [0.15, 0.2) is 0 Å². The van der Waals surface area contributed by atoms with Crippen LogP contribution in [0.2, 0.25) is 5.02 Å². The maximum Gasteiger partial charge on any atom is 0.253 e. The first-order chi connectivity index (χ1) is 7.75. The highest BCUT2D eigenvalue weighted by Gasteiger charge is 2.26. The Hall–Kier alpha value is -0.540. The van der Waals surface area contributed by atoms with Crippen LogP contribution >= 0.6 is 27.5 Å². The highest BCUT2D eigenvalue weighted by atomic mass is 79.9. The van der Waals surface area contributed by atoms with E-state index in [1.165, 1.54) is 0 Å². The molecule has 0 saturated heterocycles. The van der Waals surface area contributed by atoms with Gasteiger partial charge in [-0.1, -0.05) is 46.6 Å². The molecule has 0 aliphatic carbocycles. The number of amides is 1. The summed E-state index contributed by atoms with van der Waals surface area (Å²) in [5.41, 5.74) is 1.10. The normalized spacial score (nSPS) is 13.3. The maximum atomic E-state index is 12.1. The summed E-state index contributed by atoms with van der Waals surface area (Å²) in [7, 11) is 0. The first kappa shape index (κ1) is 14.5. The minimum atomic E-state index is -0.329. The molecule has 1 atom stereocenters. The predicted octanol–water partition coefficient (Wildman–Crippen LogP) is 3.94. The van der Waals surface area contributed by atoms with Gasteiger partial charge in [-0.3, -0.25) is 4.79 Å². The van der Waals surface area contributed by atoms with Crippen LogP contribution in [0.15, 0.2) is 18.2 Å². The van der Waals surface area contributed by atoms with Crippen LogP contribution in [-0.4, -0.2) is 16.3 Å². The zero-order chi connectivity index (χ0) is 13.2. The van der Waals surface area contributed by atoms with Gasteiger partial charge in [-0.05, 0) is 32.4 Å². The summed E-state index contributed by atoms with van der Waals surface area (Å²) in [4.78, 5) is 12.3. The second-order valence-electron chi connectivity index (χ2n) is 4.73. The third-order valence-electron chi connectivity index (χ3n) is 2.87. The zero-order valence-electron chi connectivity index (χ0n) is 10.5. The Morgan fingerprint density at radius 3 is 2.59 bits per heavy atom. The van der Waals surface area contributed by atoms with Crippen LogP contribution in [0, 0.1) is 6.92 Å². The van der Waals surface area contributed by atoms with Crippen molar-refractivity contribution in [1.82, 2.24) is 5.32 Å². The molecular weight excluding hydrogens is 302 g/mol. The Bertz CT molecular complexity index is 429. The van der Waals surface area contributed by atoms with Gasteiger partial charge in [-0.2, -0.15) is 0 Å². The van der Waals surface area contributed by atoms with Crippen molar-refractivity contribution in [2.45, 2.75) is 38.1 Å². The largest absolute Gasteiger partial charge is 0.346 e. The van der Waals surface area contributed by atoms with Gasteiger partial charge in [0, 0.05) is 10.4 Å². The fourth-order valence-corrected chi connectivity index (χ4v) is 1.61. The number of aryl methyl sites for hydroxylation is 1. The van der Waals surface area contributed by atoms with E-state index in [-0.39, 0.29) is 16.3 Å². The molecule has 0 fully saturated rings. The minimum Gasteiger partial charge on any atom is -0.346 e. The molecule has 1 aromatic carbocycles. The second-order valence-corrected chi connectivity index (χ2v) is 6.48. The van der Waals surface area contributed by atoms with E-state index in [4.69, 9.17) is 11.6 Å². The van der Waals surface area contributed by atoms with E-state index in [0.717, 1.165) is 5.56 Å². The van der Waals surface area contributed by atoms with Gasteiger partial charge >= 0.3 is 0 Å². The van der Waals surface area contributed by atoms with Gasteiger partial charge in [0.25, 0.3) is 5.91 Å². The third-order valence-corrected chi connectivity index (χ3v) is 4.51. The molecule has 1 amide bonds. The van der Waals surface area contributed by atoms with Crippen LogP contribution in [0.1, 0.15) is 36.7 Å². The summed E-state index contributed by atoms with van der Waals surface area (Å²) < 4.78 is 0. The molecule has 2 nitrogen and oxygen atoms in total. The highest BCUT2D eigenvalue weighted by molar-refractivity contribution is 9.09. The lowest BCUT2D eigenvalue weighted by molar-refractivity contribution is 0.0914. The zero-order valence-corrected chi connectivity index (χ0v) is 12.8. The van der Waals surface area contributed by atoms with Crippen LogP contribution in [-0.2, 0) is 0 Å². The van der Waals surface area contributed by atoms with E-state index in [9.17, 15) is 4.79 Å². The summed E-state index contributed by atoms with van der Waals surface area (Å²) in [5, 5.41) is 3.49. The average molecular weight is 319 g/mol. The molecule has 0 spiro atoms. The standard InChI is InChI=1S/C13H17BrClNO/c1-8-6-5-7-10(11(8)15)12(17)16-13(3,4)9(2)14/h5-7,9H,1-4H3,(H,16,17). The van der Waals surface area contributed by atoms with Gasteiger partial charge < -0.3 is 5.32 Å². The fourth-order valence-electron chi connectivity index (χ4n) is 1.28. The third kappa shape index (κ3) is 3.46. The van der Waals surface area contributed by atoms with E-state index in [0.29, 0.717) is 10.6 Å². The molecule has 1 aromatic rings. The number of hydrogen-bond donors (Lipinski definition) is 1. The van der Waals surface area contributed by atoms with Gasteiger partial charge in [0.05, 0.1) is 10.6 Å². The topological polar surface area (TPSA) is 29.1 Å². The van der Waals surface area contributed by atoms with Crippen LogP contribution < -0.4 is 5.32 Å². The number of carbonyl (C=O) groups excluding carboxylic acids is 1. The smallest absolute Gasteiger partial charge is 0.253 e. The summed E-state index contributed by atoms with van der Waals surface area (Å²) in [6.07, 6.45) is 0. The summed E-state index contributed by atoms with van der Waals surface area (Å²) in [6.45, 7) is 7.82. The molecule has 1 rings (SSSR count).